The molecule has 1 aromatic carbocycles. The lowest BCUT2D eigenvalue weighted by atomic mass is 9.81. The molecule has 1 atom stereocenters. The summed E-state index contributed by atoms with van der Waals surface area (Å²) in [5.74, 6) is 1.31. The van der Waals surface area contributed by atoms with Crippen LogP contribution in [0.3, 0.4) is 0 Å². The number of hydrogen-bond donors (Lipinski definition) is 0. The van der Waals surface area contributed by atoms with E-state index >= 15 is 0 Å². The Morgan fingerprint density at radius 2 is 2.15 bits per heavy atom. The summed E-state index contributed by atoms with van der Waals surface area (Å²) in [4.78, 5) is 18.6. The highest BCUT2D eigenvalue weighted by molar-refractivity contribution is 5.77. The third-order valence-electron chi connectivity index (χ3n) is 5.82. The topological polar surface area (TPSA) is 51.7 Å². The van der Waals surface area contributed by atoms with Crippen LogP contribution in [-0.2, 0) is 16.0 Å². The fourth-order valence-electron chi connectivity index (χ4n) is 4.07. The van der Waals surface area contributed by atoms with E-state index < -0.39 is 0 Å². The van der Waals surface area contributed by atoms with Gasteiger partial charge in [0.15, 0.2) is 0 Å². The molecule has 2 aliphatic rings. The van der Waals surface area contributed by atoms with Crippen molar-refractivity contribution in [1.82, 2.24) is 9.88 Å². The predicted molar refractivity (Wildman–Crippen MR) is 103 cm³/mol. The molecule has 142 valence electrons. The second-order valence-electron chi connectivity index (χ2n) is 7.57. The summed E-state index contributed by atoms with van der Waals surface area (Å²) in [5.41, 5.74) is 2.28. The van der Waals surface area contributed by atoms with Gasteiger partial charge in [0.05, 0.1) is 25.9 Å². The summed E-state index contributed by atoms with van der Waals surface area (Å²) in [5, 5.41) is 0. The van der Waals surface area contributed by atoms with Crippen molar-refractivity contribution >= 4 is 5.91 Å². The molecule has 2 aliphatic heterocycles. The molecule has 0 N–H and O–H groups in total. The second-order valence-corrected chi connectivity index (χ2v) is 7.57. The van der Waals surface area contributed by atoms with Crippen LogP contribution in [0.15, 0.2) is 48.8 Å². The molecule has 1 aromatic heterocycles. The van der Waals surface area contributed by atoms with E-state index in [1.807, 2.05) is 29.2 Å². The van der Waals surface area contributed by atoms with Crippen molar-refractivity contribution in [1.29, 1.82) is 0 Å². The first-order chi connectivity index (χ1) is 13.2. The minimum absolute atomic E-state index is 0.214. The molecular weight excluding hydrogens is 340 g/mol. The van der Waals surface area contributed by atoms with Crippen LogP contribution in [0.5, 0.6) is 5.75 Å². The predicted octanol–water partition coefficient (Wildman–Crippen LogP) is 3.02. The first-order valence-corrected chi connectivity index (χ1v) is 9.65. The first kappa shape index (κ1) is 18.0. The smallest absolute Gasteiger partial charge is 0.223 e. The largest absolute Gasteiger partial charge is 0.492 e. The number of nitrogens with zero attached hydrogens (tertiary/aromatic N) is 2. The van der Waals surface area contributed by atoms with Gasteiger partial charge in [0.1, 0.15) is 11.4 Å². The van der Waals surface area contributed by atoms with Gasteiger partial charge in [-0.3, -0.25) is 9.78 Å². The van der Waals surface area contributed by atoms with Gasteiger partial charge in [0, 0.05) is 25.1 Å². The van der Waals surface area contributed by atoms with E-state index in [0.29, 0.717) is 32.0 Å². The molecule has 0 bridgehead atoms. The number of likely N-dealkylation sites (tertiary alicyclic amines) is 1. The van der Waals surface area contributed by atoms with Gasteiger partial charge in [0.2, 0.25) is 5.91 Å². The Morgan fingerprint density at radius 3 is 2.93 bits per heavy atom. The van der Waals surface area contributed by atoms with Gasteiger partial charge >= 0.3 is 0 Å². The Morgan fingerprint density at radius 1 is 1.30 bits per heavy atom. The number of pyridine rings is 1. The number of ether oxygens (including phenoxy) is 2. The molecule has 4 rings (SSSR count). The van der Waals surface area contributed by atoms with Crippen LogP contribution in [0.4, 0.5) is 0 Å². The molecule has 0 aliphatic carbocycles. The lowest BCUT2D eigenvalue weighted by molar-refractivity contribution is -0.166. The maximum absolute atomic E-state index is 12.6. The fourth-order valence-corrected chi connectivity index (χ4v) is 4.07. The van der Waals surface area contributed by atoms with E-state index in [1.165, 1.54) is 11.1 Å². The van der Waals surface area contributed by atoms with Gasteiger partial charge < -0.3 is 14.4 Å². The first-order valence-electron chi connectivity index (χ1n) is 9.65. The van der Waals surface area contributed by atoms with Gasteiger partial charge in [-0.2, -0.15) is 0 Å². The fraction of sp³-hybridized carbons (Fsp3) is 0.455. The molecule has 2 aromatic rings. The van der Waals surface area contributed by atoms with Crippen molar-refractivity contribution in [2.45, 2.75) is 31.8 Å². The van der Waals surface area contributed by atoms with Crippen LogP contribution in [0, 0.1) is 12.8 Å². The summed E-state index contributed by atoms with van der Waals surface area (Å²) in [6.45, 7) is 4.81. The van der Waals surface area contributed by atoms with Crippen LogP contribution < -0.4 is 4.74 Å². The van der Waals surface area contributed by atoms with Crippen LogP contribution >= 0.6 is 0 Å². The van der Waals surface area contributed by atoms with Crippen molar-refractivity contribution in [3.8, 4) is 5.75 Å². The average Bonchev–Trinajstić information content (AvgIpc) is 3.09. The number of amides is 1. The van der Waals surface area contributed by atoms with Crippen LogP contribution in [0.1, 0.15) is 24.0 Å². The lowest BCUT2D eigenvalue weighted by Gasteiger charge is -2.50. The maximum Gasteiger partial charge on any atom is 0.223 e. The minimum atomic E-state index is -0.222. The minimum Gasteiger partial charge on any atom is -0.492 e. The van der Waals surface area contributed by atoms with Gasteiger partial charge in [-0.25, -0.2) is 0 Å². The molecule has 3 heterocycles. The quantitative estimate of drug-likeness (QED) is 0.789. The Labute approximate surface area is 160 Å². The van der Waals surface area contributed by atoms with Crippen molar-refractivity contribution < 1.29 is 14.3 Å². The van der Waals surface area contributed by atoms with Crippen molar-refractivity contribution in [3.63, 3.8) is 0 Å². The number of rotatable bonds is 6. The highest BCUT2D eigenvalue weighted by atomic mass is 16.5. The van der Waals surface area contributed by atoms with Crippen LogP contribution in [0.25, 0.3) is 0 Å². The third kappa shape index (κ3) is 3.83. The average molecular weight is 366 g/mol. The molecule has 1 spiro atoms. The summed E-state index contributed by atoms with van der Waals surface area (Å²) >= 11 is 0. The van der Waals surface area contributed by atoms with E-state index in [2.05, 4.69) is 24.0 Å². The molecule has 5 nitrogen and oxygen atoms in total. The van der Waals surface area contributed by atoms with Crippen LogP contribution in [-0.4, -0.2) is 47.7 Å². The Bertz CT molecular complexity index is 787. The molecule has 1 amide bonds. The zero-order chi connectivity index (χ0) is 18.7. The van der Waals surface area contributed by atoms with Crippen molar-refractivity contribution in [3.05, 3.63) is 59.9 Å². The lowest BCUT2D eigenvalue weighted by Crippen LogP contribution is -2.66. The van der Waals surface area contributed by atoms with Gasteiger partial charge in [0.25, 0.3) is 0 Å². The highest BCUT2D eigenvalue weighted by Gasteiger charge is 2.54. The van der Waals surface area contributed by atoms with Gasteiger partial charge in [-0.1, -0.05) is 24.3 Å². The zero-order valence-corrected chi connectivity index (χ0v) is 15.8. The number of aryl methyl sites for hydroxylation is 2. The van der Waals surface area contributed by atoms with E-state index in [4.69, 9.17) is 9.47 Å². The summed E-state index contributed by atoms with van der Waals surface area (Å²) in [7, 11) is 0. The molecule has 27 heavy (non-hydrogen) atoms. The van der Waals surface area contributed by atoms with E-state index in [9.17, 15) is 4.79 Å². The zero-order valence-electron chi connectivity index (χ0n) is 15.8. The molecule has 0 unspecified atom stereocenters. The van der Waals surface area contributed by atoms with Crippen molar-refractivity contribution in [2.75, 3.05) is 26.3 Å². The number of carbonyl (C=O) groups is 1. The Hall–Kier alpha value is -2.40. The number of carbonyl (C=O) groups excluding carboxylic acids is 1. The molecule has 2 fully saturated rings. The SMILES string of the molecule is Cc1ccccc1CCC(=O)N1CC2(C1)OCC[C@@H]2COc1cccnc1. The number of hydrogen-bond acceptors (Lipinski definition) is 4. The Balaban J connectivity index is 1.28. The van der Waals surface area contributed by atoms with E-state index in [0.717, 1.165) is 25.2 Å². The van der Waals surface area contributed by atoms with Crippen molar-refractivity contribution in [2.24, 2.45) is 5.92 Å². The Kier molecular flexibility index (Phi) is 5.12. The standard InChI is InChI=1S/C22H26N2O3/c1-17-5-2-3-6-18(17)8-9-21(25)24-15-22(16-24)19(10-12-27-22)14-26-20-7-4-11-23-13-20/h2-7,11,13,19H,8-10,12,14-16H2,1H3/t19-/m1/s1. The van der Waals surface area contributed by atoms with E-state index in [-0.39, 0.29) is 11.5 Å². The summed E-state index contributed by atoms with van der Waals surface area (Å²) in [6, 6.07) is 12.0. The molecular formula is C22H26N2O3. The van der Waals surface area contributed by atoms with Gasteiger partial charge in [-0.15, -0.1) is 0 Å². The normalized spacial score (nSPS) is 20.5. The highest BCUT2D eigenvalue weighted by Crippen LogP contribution is 2.40. The maximum atomic E-state index is 12.6. The molecule has 5 heteroatoms. The van der Waals surface area contributed by atoms with Gasteiger partial charge in [-0.05, 0) is 43.0 Å². The molecule has 0 radical (unpaired) electrons. The number of benzene rings is 1. The number of aromatic nitrogens is 1. The third-order valence-corrected chi connectivity index (χ3v) is 5.82. The van der Waals surface area contributed by atoms with Crippen LogP contribution in [0.2, 0.25) is 0 Å². The second kappa shape index (κ2) is 7.69. The summed E-state index contributed by atoms with van der Waals surface area (Å²) < 4.78 is 11.9. The summed E-state index contributed by atoms with van der Waals surface area (Å²) in [6.07, 6.45) is 5.79. The molecule has 0 saturated carbocycles. The van der Waals surface area contributed by atoms with E-state index in [1.54, 1.807) is 12.4 Å². The molecule has 2 saturated heterocycles. The monoisotopic (exact) mass is 366 g/mol.